The van der Waals surface area contributed by atoms with E-state index in [0.29, 0.717) is 12.4 Å². The molecule has 4 heteroatoms. The van der Waals surface area contributed by atoms with Crippen LogP contribution < -0.4 is 5.32 Å². The van der Waals surface area contributed by atoms with Gasteiger partial charge in [0, 0.05) is 12.0 Å². The minimum absolute atomic E-state index is 0.0299. The number of carbonyl (C=O) groups is 1. The Morgan fingerprint density at radius 3 is 2.61 bits per heavy atom. The van der Waals surface area contributed by atoms with E-state index in [1.807, 2.05) is 6.07 Å². The zero-order valence-electron chi connectivity index (χ0n) is 14.9. The lowest BCUT2D eigenvalue weighted by atomic mass is 9.78. The van der Waals surface area contributed by atoms with Gasteiger partial charge in [0.1, 0.15) is 0 Å². The number of imidazole rings is 1. The normalized spacial score (nSPS) is 17.1. The molecule has 124 valence electrons. The van der Waals surface area contributed by atoms with E-state index in [-0.39, 0.29) is 16.9 Å². The van der Waals surface area contributed by atoms with Crippen LogP contribution in [-0.2, 0) is 10.3 Å². The molecule has 2 aromatic rings. The SMILES string of the molecule is Cc1ccc2nc(NC(=O)CC(C)(C)C)n(C3(C)CCC3)c2c1. The molecule has 1 saturated carbocycles. The molecule has 1 amide bonds. The maximum absolute atomic E-state index is 12.4. The fourth-order valence-corrected chi connectivity index (χ4v) is 3.38. The molecule has 3 rings (SSSR count). The Morgan fingerprint density at radius 1 is 1.35 bits per heavy atom. The maximum atomic E-state index is 12.4. The Labute approximate surface area is 138 Å². The van der Waals surface area contributed by atoms with Gasteiger partial charge in [0.2, 0.25) is 11.9 Å². The van der Waals surface area contributed by atoms with Gasteiger partial charge in [0.15, 0.2) is 0 Å². The molecular weight excluding hydrogens is 286 g/mol. The highest BCUT2D eigenvalue weighted by molar-refractivity contribution is 5.92. The molecular formula is C19H27N3O. The highest BCUT2D eigenvalue weighted by atomic mass is 16.1. The number of aromatic nitrogens is 2. The van der Waals surface area contributed by atoms with Crippen molar-refractivity contribution in [1.29, 1.82) is 0 Å². The monoisotopic (exact) mass is 313 g/mol. The molecule has 0 bridgehead atoms. The quantitative estimate of drug-likeness (QED) is 0.899. The van der Waals surface area contributed by atoms with Gasteiger partial charge in [-0.1, -0.05) is 26.8 Å². The number of carbonyl (C=O) groups excluding carboxylic acids is 1. The van der Waals surface area contributed by atoms with Crippen LogP contribution in [0.4, 0.5) is 5.95 Å². The Hall–Kier alpha value is -1.84. The first-order valence-electron chi connectivity index (χ1n) is 8.47. The smallest absolute Gasteiger partial charge is 0.227 e. The summed E-state index contributed by atoms with van der Waals surface area (Å²) in [6, 6.07) is 6.29. The summed E-state index contributed by atoms with van der Waals surface area (Å²) in [5.74, 6) is 0.732. The van der Waals surface area contributed by atoms with Gasteiger partial charge in [-0.2, -0.15) is 0 Å². The van der Waals surface area contributed by atoms with E-state index in [4.69, 9.17) is 4.98 Å². The Kier molecular flexibility index (Phi) is 3.74. The summed E-state index contributed by atoms with van der Waals surface area (Å²) in [5.41, 5.74) is 3.33. The van der Waals surface area contributed by atoms with Crippen LogP contribution in [0, 0.1) is 12.3 Å². The summed E-state index contributed by atoms with van der Waals surface area (Å²) in [7, 11) is 0. The van der Waals surface area contributed by atoms with E-state index in [9.17, 15) is 4.79 Å². The second-order valence-corrected chi connectivity index (χ2v) is 8.40. The minimum atomic E-state index is -0.0299. The number of aryl methyl sites for hydroxylation is 1. The van der Waals surface area contributed by atoms with Gasteiger partial charge < -0.3 is 4.57 Å². The first kappa shape index (κ1) is 16.0. The first-order valence-corrected chi connectivity index (χ1v) is 8.47. The molecule has 0 spiro atoms. The van der Waals surface area contributed by atoms with Crippen LogP contribution in [0.5, 0.6) is 0 Å². The topological polar surface area (TPSA) is 46.9 Å². The number of anilines is 1. The van der Waals surface area contributed by atoms with Crippen LogP contribution in [0.1, 0.15) is 58.9 Å². The number of fused-ring (bicyclic) bond motifs is 1. The lowest BCUT2D eigenvalue weighted by Crippen LogP contribution is -2.38. The van der Waals surface area contributed by atoms with Crippen molar-refractivity contribution in [3.63, 3.8) is 0 Å². The van der Waals surface area contributed by atoms with E-state index in [2.05, 4.69) is 56.6 Å². The summed E-state index contributed by atoms with van der Waals surface area (Å²) in [6.45, 7) is 10.6. The summed E-state index contributed by atoms with van der Waals surface area (Å²) in [4.78, 5) is 17.1. The standard InChI is InChI=1S/C19H27N3O/c1-13-7-8-14-15(11-13)22(19(5)9-6-10-19)17(20-14)21-16(23)12-18(2,3)4/h7-8,11H,6,9-10,12H2,1-5H3,(H,20,21,23). The van der Waals surface area contributed by atoms with Crippen LogP contribution in [-0.4, -0.2) is 15.5 Å². The van der Waals surface area contributed by atoms with Gasteiger partial charge in [0.25, 0.3) is 0 Å². The minimum Gasteiger partial charge on any atom is -0.304 e. The number of benzene rings is 1. The third kappa shape index (κ3) is 3.12. The molecule has 1 fully saturated rings. The van der Waals surface area contributed by atoms with E-state index >= 15 is 0 Å². The summed E-state index contributed by atoms with van der Waals surface area (Å²) < 4.78 is 2.25. The molecule has 0 radical (unpaired) electrons. The number of rotatable bonds is 3. The molecule has 4 nitrogen and oxygen atoms in total. The van der Waals surface area contributed by atoms with Crippen molar-refractivity contribution in [2.75, 3.05) is 5.32 Å². The lowest BCUT2D eigenvalue weighted by Gasteiger charge is -2.41. The number of nitrogens with one attached hydrogen (secondary N) is 1. The molecule has 1 aliphatic carbocycles. The van der Waals surface area contributed by atoms with Crippen LogP contribution in [0.3, 0.4) is 0 Å². The lowest BCUT2D eigenvalue weighted by molar-refractivity contribution is -0.117. The van der Waals surface area contributed by atoms with E-state index in [0.717, 1.165) is 23.9 Å². The van der Waals surface area contributed by atoms with E-state index in [1.165, 1.54) is 12.0 Å². The molecule has 0 unspecified atom stereocenters. The second kappa shape index (κ2) is 5.36. The average Bonchev–Trinajstić information content (AvgIpc) is 2.71. The van der Waals surface area contributed by atoms with Crippen molar-refractivity contribution < 1.29 is 4.79 Å². The predicted molar refractivity (Wildman–Crippen MR) is 94.7 cm³/mol. The van der Waals surface area contributed by atoms with Crippen molar-refractivity contribution in [3.05, 3.63) is 23.8 Å². The Balaban J connectivity index is 2.02. The van der Waals surface area contributed by atoms with Crippen LogP contribution in [0.2, 0.25) is 0 Å². The number of hydrogen-bond acceptors (Lipinski definition) is 2. The number of hydrogen-bond donors (Lipinski definition) is 1. The molecule has 0 saturated heterocycles. The van der Waals surface area contributed by atoms with E-state index in [1.54, 1.807) is 0 Å². The molecule has 0 atom stereocenters. The maximum Gasteiger partial charge on any atom is 0.227 e. The Bertz CT molecular complexity index is 748. The number of amides is 1. The summed E-state index contributed by atoms with van der Waals surface area (Å²) in [5, 5.41) is 3.06. The summed E-state index contributed by atoms with van der Waals surface area (Å²) >= 11 is 0. The van der Waals surface area contributed by atoms with Crippen molar-refractivity contribution in [1.82, 2.24) is 9.55 Å². The second-order valence-electron chi connectivity index (χ2n) is 8.40. The van der Waals surface area contributed by atoms with Crippen molar-refractivity contribution in [2.45, 2.75) is 65.8 Å². The number of nitrogens with zero attached hydrogens (tertiary/aromatic N) is 2. The fourth-order valence-electron chi connectivity index (χ4n) is 3.38. The highest BCUT2D eigenvalue weighted by Gasteiger charge is 2.37. The molecule has 0 aliphatic heterocycles. The van der Waals surface area contributed by atoms with Gasteiger partial charge in [-0.3, -0.25) is 10.1 Å². The molecule has 1 aliphatic rings. The molecule has 1 N–H and O–H groups in total. The average molecular weight is 313 g/mol. The van der Waals surface area contributed by atoms with Gasteiger partial charge in [-0.25, -0.2) is 4.98 Å². The fraction of sp³-hybridized carbons (Fsp3) is 0.579. The zero-order chi connectivity index (χ0) is 16.8. The zero-order valence-corrected chi connectivity index (χ0v) is 14.9. The van der Waals surface area contributed by atoms with Gasteiger partial charge in [0.05, 0.1) is 11.0 Å². The predicted octanol–water partition coefficient (Wildman–Crippen LogP) is 4.62. The van der Waals surface area contributed by atoms with Crippen LogP contribution >= 0.6 is 0 Å². The molecule has 1 heterocycles. The molecule has 1 aromatic carbocycles. The molecule has 1 aromatic heterocycles. The van der Waals surface area contributed by atoms with Crippen LogP contribution in [0.15, 0.2) is 18.2 Å². The largest absolute Gasteiger partial charge is 0.304 e. The highest BCUT2D eigenvalue weighted by Crippen LogP contribution is 2.43. The molecule has 23 heavy (non-hydrogen) atoms. The Morgan fingerprint density at radius 2 is 2.04 bits per heavy atom. The van der Waals surface area contributed by atoms with Crippen molar-refractivity contribution in [2.24, 2.45) is 5.41 Å². The third-order valence-corrected chi connectivity index (χ3v) is 4.72. The van der Waals surface area contributed by atoms with Crippen molar-refractivity contribution in [3.8, 4) is 0 Å². The van der Waals surface area contributed by atoms with Gasteiger partial charge in [-0.15, -0.1) is 0 Å². The van der Waals surface area contributed by atoms with Crippen molar-refractivity contribution >= 4 is 22.9 Å². The van der Waals surface area contributed by atoms with Gasteiger partial charge in [-0.05, 0) is 56.2 Å². The third-order valence-electron chi connectivity index (χ3n) is 4.72. The summed E-state index contributed by atoms with van der Waals surface area (Å²) in [6.07, 6.45) is 3.99. The van der Waals surface area contributed by atoms with E-state index < -0.39 is 0 Å². The van der Waals surface area contributed by atoms with Crippen LogP contribution in [0.25, 0.3) is 11.0 Å². The van der Waals surface area contributed by atoms with Gasteiger partial charge >= 0.3 is 0 Å². The first-order chi connectivity index (χ1) is 10.7.